The van der Waals surface area contributed by atoms with Gasteiger partial charge in [0.2, 0.25) is 0 Å². The molecule has 79 valence electrons. The summed E-state index contributed by atoms with van der Waals surface area (Å²) in [6.07, 6.45) is 1.56. The van der Waals surface area contributed by atoms with Crippen LogP contribution in [0, 0.1) is 17.0 Å². The zero-order valence-corrected chi connectivity index (χ0v) is 8.47. The van der Waals surface area contributed by atoms with Crippen molar-refractivity contribution < 1.29 is 9.66 Å². The van der Waals surface area contributed by atoms with Crippen LogP contribution in [0.5, 0.6) is 5.75 Å². The van der Waals surface area contributed by atoms with Crippen molar-refractivity contribution in [3.63, 3.8) is 0 Å². The summed E-state index contributed by atoms with van der Waals surface area (Å²) in [4.78, 5) is 10.4. The summed E-state index contributed by atoms with van der Waals surface area (Å²) in [5, 5.41) is 10.9. The zero-order valence-electron chi connectivity index (χ0n) is 8.47. The number of hydrogen-bond donors (Lipinski definition) is 0. The van der Waals surface area contributed by atoms with Crippen molar-refractivity contribution in [2.24, 2.45) is 0 Å². The Morgan fingerprint density at radius 1 is 1.60 bits per heavy atom. The molecule has 1 unspecified atom stereocenters. The molecule has 0 aliphatic rings. The highest BCUT2D eigenvalue weighted by Crippen LogP contribution is 2.35. The predicted molar refractivity (Wildman–Crippen MR) is 57.9 cm³/mol. The maximum absolute atomic E-state index is 10.9. The zero-order chi connectivity index (χ0) is 11.4. The van der Waals surface area contributed by atoms with Crippen molar-refractivity contribution >= 4 is 5.69 Å². The summed E-state index contributed by atoms with van der Waals surface area (Å²) in [6, 6.07) is 4.90. The molecule has 0 bridgehead atoms. The second-order valence-corrected chi connectivity index (χ2v) is 3.00. The van der Waals surface area contributed by atoms with Gasteiger partial charge in [-0.3, -0.25) is 10.1 Å². The molecule has 0 aliphatic carbocycles. The highest BCUT2D eigenvalue weighted by Gasteiger charge is 2.22. The minimum atomic E-state index is -0.462. The van der Waals surface area contributed by atoms with Crippen LogP contribution >= 0.6 is 0 Å². The molecule has 0 N–H and O–H groups in total. The summed E-state index contributed by atoms with van der Waals surface area (Å²) in [6.45, 7) is 7.33. The topological polar surface area (TPSA) is 52.4 Å². The van der Waals surface area contributed by atoms with E-state index in [9.17, 15) is 10.1 Å². The van der Waals surface area contributed by atoms with Crippen LogP contribution in [-0.4, -0.2) is 12.0 Å². The van der Waals surface area contributed by atoms with Gasteiger partial charge in [0.05, 0.1) is 12.0 Å². The lowest BCUT2D eigenvalue weighted by atomic mass is 9.99. The number of nitrogens with zero attached hydrogens (tertiary/aromatic N) is 1. The molecular weight excluding hydrogens is 194 g/mol. The van der Waals surface area contributed by atoms with Crippen molar-refractivity contribution in [3.05, 3.63) is 53.5 Å². The molecule has 0 saturated carbocycles. The van der Waals surface area contributed by atoms with Gasteiger partial charge < -0.3 is 4.74 Å². The summed E-state index contributed by atoms with van der Waals surface area (Å²) >= 11 is 0. The molecular formula is C11H12NO3. The number of nitro benzene ring substituents is 1. The Morgan fingerprint density at radius 3 is 2.73 bits per heavy atom. The Morgan fingerprint density at radius 2 is 2.27 bits per heavy atom. The van der Waals surface area contributed by atoms with Crippen LogP contribution in [-0.2, 0) is 0 Å². The molecule has 1 rings (SSSR count). The molecule has 0 aromatic heterocycles. The van der Waals surface area contributed by atoms with Gasteiger partial charge >= 0.3 is 5.69 Å². The highest BCUT2D eigenvalue weighted by molar-refractivity contribution is 5.55. The number of para-hydroxylation sites is 1. The maximum atomic E-state index is 10.9. The van der Waals surface area contributed by atoms with E-state index < -0.39 is 4.92 Å². The van der Waals surface area contributed by atoms with Gasteiger partial charge in [-0.25, -0.2) is 0 Å². The van der Waals surface area contributed by atoms with Gasteiger partial charge in [0.15, 0.2) is 5.75 Å². The minimum Gasteiger partial charge on any atom is -0.490 e. The van der Waals surface area contributed by atoms with Crippen LogP contribution in [0.3, 0.4) is 0 Å². The standard InChI is InChI=1S/C11H12NO3/c1-4-8(2)9-6-5-7-10(15-3)11(9)12(13)14/h4-8H,1-2H2,3H3. The molecule has 0 fully saturated rings. The summed E-state index contributed by atoms with van der Waals surface area (Å²) in [7, 11) is 1.40. The molecule has 1 atom stereocenters. The molecule has 0 heterocycles. The molecule has 0 saturated heterocycles. The summed E-state index contributed by atoms with van der Waals surface area (Å²) in [5.41, 5.74) is 0.467. The lowest BCUT2D eigenvalue weighted by Crippen LogP contribution is -2.00. The van der Waals surface area contributed by atoms with Crippen LogP contribution in [0.2, 0.25) is 0 Å². The van der Waals surface area contributed by atoms with Crippen molar-refractivity contribution in [1.82, 2.24) is 0 Å². The number of rotatable bonds is 4. The van der Waals surface area contributed by atoms with Crippen LogP contribution in [0.25, 0.3) is 0 Å². The second-order valence-electron chi connectivity index (χ2n) is 3.00. The number of ether oxygens (including phenoxy) is 1. The third-order valence-corrected chi connectivity index (χ3v) is 2.12. The predicted octanol–water partition coefficient (Wildman–Crippen LogP) is 2.71. The largest absolute Gasteiger partial charge is 0.490 e. The number of allylic oxidation sites excluding steroid dienone is 1. The van der Waals surface area contributed by atoms with Crippen LogP contribution in [0.15, 0.2) is 30.9 Å². The normalized spacial score (nSPS) is 11.9. The van der Waals surface area contributed by atoms with E-state index in [-0.39, 0.29) is 17.4 Å². The molecule has 0 aliphatic heterocycles. The van der Waals surface area contributed by atoms with E-state index in [0.29, 0.717) is 5.56 Å². The first-order chi connectivity index (χ1) is 7.11. The molecule has 0 spiro atoms. The first kappa shape index (κ1) is 11.2. The average molecular weight is 206 g/mol. The number of benzene rings is 1. The Kier molecular flexibility index (Phi) is 3.44. The van der Waals surface area contributed by atoms with Crippen molar-refractivity contribution in [1.29, 1.82) is 0 Å². The number of methoxy groups -OCH3 is 1. The van der Waals surface area contributed by atoms with Crippen molar-refractivity contribution in [2.75, 3.05) is 7.11 Å². The molecule has 4 nitrogen and oxygen atoms in total. The first-order valence-corrected chi connectivity index (χ1v) is 4.38. The van der Waals surface area contributed by atoms with E-state index in [1.807, 2.05) is 0 Å². The van der Waals surface area contributed by atoms with E-state index in [1.54, 1.807) is 24.3 Å². The maximum Gasteiger partial charge on any atom is 0.314 e. The molecule has 1 radical (unpaired) electrons. The minimum absolute atomic E-state index is 0.0418. The number of nitro groups is 1. The van der Waals surface area contributed by atoms with Gasteiger partial charge in [-0.2, -0.15) is 0 Å². The third-order valence-electron chi connectivity index (χ3n) is 2.12. The van der Waals surface area contributed by atoms with Gasteiger partial charge in [0.25, 0.3) is 0 Å². The lowest BCUT2D eigenvalue weighted by Gasteiger charge is -2.09. The molecule has 1 aromatic carbocycles. The SMILES string of the molecule is [CH2]C(C=C)c1cccc(OC)c1[N+](=O)[O-]. The van der Waals surface area contributed by atoms with E-state index in [2.05, 4.69) is 13.5 Å². The smallest absolute Gasteiger partial charge is 0.314 e. The van der Waals surface area contributed by atoms with Gasteiger partial charge in [0, 0.05) is 11.5 Å². The highest BCUT2D eigenvalue weighted by atomic mass is 16.6. The van der Waals surface area contributed by atoms with Crippen molar-refractivity contribution in [3.8, 4) is 5.75 Å². The Bertz CT molecular complexity index is 387. The molecule has 0 amide bonds. The Balaban J connectivity index is 3.37. The van der Waals surface area contributed by atoms with E-state index >= 15 is 0 Å². The van der Waals surface area contributed by atoms with Crippen LogP contribution in [0.1, 0.15) is 11.5 Å². The lowest BCUT2D eigenvalue weighted by molar-refractivity contribution is -0.386. The molecule has 4 heteroatoms. The fourth-order valence-electron chi connectivity index (χ4n) is 1.33. The van der Waals surface area contributed by atoms with E-state index in [1.165, 1.54) is 7.11 Å². The summed E-state index contributed by atoms with van der Waals surface area (Å²) in [5.74, 6) is -0.0755. The van der Waals surface area contributed by atoms with Gasteiger partial charge in [-0.15, -0.1) is 6.58 Å². The Labute approximate surface area is 88.3 Å². The fourth-order valence-corrected chi connectivity index (χ4v) is 1.33. The van der Waals surface area contributed by atoms with Crippen molar-refractivity contribution in [2.45, 2.75) is 5.92 Å². The quantitative estimate of drug-likeness (QED) is 0.432. The number of hydrogen-bond acceptors (Lipinski definition) is 3. The van der Waals surface area contributed by atoms with Gasteiger partial charge in [0.1, 0.15) is 0 Å². The van der Waals surface area contributed by atoms with E-state index in [0.717, 1.165) is 0 Å². The second kappa shape index (κ2) is 4.59. The molecule has 1 aromatic rings. The third kappa shape index (κ3) is 2.15. The van der Waals surface area contributed by atoms with E-state index in [4.69, 9.17) is 4.74 Å². The molecule has 15 heavy (non-hydrogen) atoms. The first-order valence-electron chi connectivity index (χ1n) is 4.38. The average Bonchev–Trinajstić information content (AvgIpc) is 2.26. The van der Waals surface area contributed by atoms with Crippen LogP contribution in [0.4, 0.5) is 5.69 Å². The van der Waals surface area contributed by atoms with Gasteiger partial charge in [-0.05, 0) is 13.0 Å². The fraction of sp³-hybridized carbons (Fsp3) is 0.182. The van der Waals surface area contributed by atoms with Gasteiger partial charge in [-0.1, -0.05) is 18.2 Å². The Hall–Kier alpha value is -1.84. The monoisotopic (exact) mass is 206 g/mol. The summed E-state index contributed by atoms with van der Waals surface area (Å²) < 4.78 is 4.94. The van der Waals surface area contributed by atoms with Crippen LogP contribution < -0.4 is 4.74 Å².